The molecule has 0 aromatic carbocycles. The monoisotopic (exact) mass is 250 g/mol. The summed E-state index contributed by atoms with van der Waals surface area (Å²) in [6.45, 7) is 0. The van der Waals surface area contributed by atoms with E-state index in [0.717, 1.165) is 20.6 Å². The first-order valence-electron chi connectivity index (χ1n) is 4.99. The summed E-state index contributed by atoms with van der Waals surface area (Å²) >= 11 is 12.7. The van der Waals surface area contributed by atoms with Gasteiger partial charge in [-0.2, -0.15) is 0 Å². The van der Waals surface area contributed by atoms with Gasteiger partial charge in [0.05, 0.1) is 21.5 Å². The summed E-state index contributed by atoms with van der Waals surface area (Å²) in [6.07, 6.45) is 7.39. The fourth-order valence-corrected chi connectivity index (χ4v) is 2.75. The average Bonchev–Trinajstić information content (AvgIpc) is 2.36. The Morgan fingerprint density at radius 1 is 1.19 bits per heavy atom. The van der Waals surface area contributed by atoms with Gasteiger partial charge in [-0.05, 0) is 18.2 Å². The Morgan fingerprint density at radius 3 is 2.94 bits per heavy atom. The minimum Gasteiger partial charge on any atom is -0.283 e. The Kier molecular flexibility index (Phi) is 2.34. The van der Waals surface area contributed by atoms with Crippen molar-refractivity contribution < 1.29 is 0 Å². The van der Waals surface area contributed by atoms with Gasteiger partial charge in [-0.1, -0.05) is 29.3 Å². The number of hydrogen-bond donors (Lipinski definition) is 0. The molecule has 0 bridgehead atoms. The van der Waals surface area contributed by atoms with Crippen LogP contribution in [0.5, 0.6) is 0 Å². The molecule has 80 valence electrons. The molecular formula is C12H8Cl2N2. The number of aromatic nitrogens is 1. The van der Waals surface area contributed by atoms with E-state index in [9.17, 15) is 0 Å². The number of fused-ring (bicyclic) bond motifs is 2. The highest BCUT2D eigenvalue weighted by atomic mass is 35.5. The van der Waals surface area contributed by atoms with E-state index in [1.54, 1.807) is 12.4 Å². The van der Waals surface area contributed by atoms with Gasteiger partial charge in [0.2, 0.25) is 0 Å². The summed E-state index contributed by atoms with van der Waals surface area (Å²) in [6, 6.07) is 3.70. The zero-order valence-corrected chi connectivity index (χ0v) is 9.78. The van der Waals surface area contributed by atoms with E-state index in [-0.39, 0.29) is 12.0 Å². The second kappa shape index (κ2) is 3.72. The Labute approximate surface area is 103 Å². The minimum atomic E-state index is -0.0872. The lowest BCUT2D eigenvalue weighted by molar-refractivity contribution is 0.723. The van der Waals surface area contributed by atoms with Crippen LogP contribution in [0.2, 0.25) is 0 Å². The third kappa shape index (κ3) is 1.34. The number of allylic oxidation sites excluding steroid dienone is 1. The van der Waals surface area contributed by atoms with E-state index in [2.05, 4.69) is 9.98 Å². The summed E-state index contributed by atoms with van der Waals surface area (Å²) in [7, 11) is 0. The van der Waals surface area contributed by atoms with Crippen molar-refractivity contribution in [1.82, 2.24) is 4.98 Å². The number of nitrogens with zero attached hydrogens (tertiary/aromatic N) is 2. The molecule has 4 heteroatoms. The van der Waals surface area contributed by atoms with Crippen molar-refractivity contribution in [3.05, 3.63) is 41.0 Å². The highest BCUT2D eigenvalue weighted by Crippen LogP contribution is 2.32. The Morgan fingerprint density at radius 2 is 2.06 bits per heavy atom. The van der Waals surface area contributed by atoms with Crippen LogP contribution in [-0.2, 0) is 0 Å². The van der Waals surface area contributed by atoms with Gasteiger partial charge < -0.3 is 0 Å². The Bertz CT molecular complexity index is 561. The lowest BCUT2D eigenvalue weighted by Gasteiger charge is -2.25. The number of dihydropyridines is 1. The Balaban J connectivity index is 2.41. The highest BCUT2D eigenvalue weighted by Gasteiger charge is 2.30. The summed E-state index contributed by atoms with van der Waals surface area (Å²) in [5.74, 6) is 0.0292. The second-order valence-corrected chi connectivity index (χ2v) is 4.56. The summed E-state index contributed by atoms with van der Waals surface area (Å²) in [4.78, 5) is 8.65. The molecule has 2 unspecified atom stereocenters. The van der Waals surface area contributed by atoms with Crippen LogP contribution in [0.4, 0.5) is 0 Å². The fourth-order valence-electron chi connectivity index (χ4n) is 2.06. The standard InChI is InChI=1S/C12H8Cl2N2/c13-9-7-3-1-5-15-11(7)10(14)8-4-2-6-16-12(8)9/h1-7,11H. The normalized spacial score (nSPS) is 26.6. The molecule has 0 spiro atoms. The van der Waals surface area contributed by atoms with Crippen LogP contribution in [0.1, 0.15) is 0 Å². The predicted octanol–water partition coefficient (Wildman–Crippen LogP) is 1.41. The van der Waals surface area contributed by atoms with E-state index in [0.29, 0.717) is 0 Å². The molecule has 1 aromatic heterocycles. The number of halogens is 2. The van der Waals surface area contributed by atoms with Crippen molar-refractivity contribution in [3.8, 4) is 0 Å². The minimum absolute atomic E-state index is 0.0292. The zero-order chi connectivity index (χ0) is 11.1. The molecule has 0 saturated carbocycles. The maximum Gasteiger partial charge on any atom is 0.0973 e. The van der Waals surface area contributed by atoms with Gasteiger partial charge in [0.15, 0.2) is 0 Å². The highest BCUT2D eigenvalue weighted by molar-refractivity contribution is 6.49. The number of hydrogen-bond acceptors (Lipinski definition) is 2. The van der Waals surface area contributed by atoms with Crippen LogP contribution in [0, 0.1) is 5.92 Å². The molecule has 3 rings (SSSR count). The molecular weight excluding hydrogens is 243 g/mol. The molecule has 16 heavy (non-hydrogen) atoms. The number of rotatable bonds is 0. The molecule has 2 atom stereocenters. The first-order chi connectivity index (χ1) is 7.79. The van der Waals surface area contributed by atoms with E-state index in [1.807, 2.05) is 24.3 Å². The first-order valence-corrected chi connectivity index (χ1v) is 5.75. The second-order valence-electron chi connectivity index (χ2n) is 3.75. The molecule has 0 N–H and O–H groups in total. The molecule has 1 aliphatic heterocycles. The van der Waals surface area contributed by atoms with Gasteiger partial charge in [0.25, 0.3) is 0 Å². The van der Waals surface area contributed by atoms with E-state index >= 15 is 0 Å². The van der Waals surface area contributed by atoms with Crippen molar-refractivity contribution in [2.45, 2.75) is 6.04 Å². The summed E-state index contributed by atoms with van der Waals surface area (Å²) in [5.41, 5.74) is 0. The van der Waals surface area contributed by atoms with Crippen molar-refractivity contribution in [2.75, 3.05) is 0 Å². The Hall–Kier alpha value is -1.12. The lowest BCUT2D eigenvalue weighted by atomic mass is 9.92. The van der Waals surface area contributed by atoms with Gasteiger partial charge in [-0.25, -0.2) is 0 Å². The maximum atomic E-state index is 6.34. The van der Waals surface area contributed by atoms with Gasteiger partial charge >= 0.3 is 0 Å². The number of pyridine rings is 1. The van der Waals surface area contributed by atoms with Gasteiger partial charge in [0, 0.05) is 23.5 Å². The van der Waals surface area contributed by atoms with E-state index in [1.165, 1.54) is 0 Å². The van der Waals surface area contributed by atoms with Gasteiger partial charge in [-0.15, -0.1) is 0 Å². The maximum absolute atomic E-state index is 6.34. The predicted molar refractivity (Wildman–Crippen MR) is 66.9 cm³/mol. The third-order valence-corrected chi connectivity index (χ3v) is 3.69. The summed E-state index contributed by atoms with van der Waals surface area (Å²) in [5, 5.41) is 3.11. The quantitative estimate of drug-likeness (QED) is 0.684. The van der Waals surface area contributed by atoms with Crippen LogP contribution in [0.15, 0.2) is 35.5 Å². The third-order valence-electron chi connectivity index (χ3n) is 2.83. The van der Waals surface area contributed by atoms with E-state index in [4.69, 9.17) is 23.2 Å². The molecule has 0 fully saturated rings. The fraction of sp³-hybridized carbons (Fsp3) is 0.167. The van der Waals surface area contributed by atoms with Crippen molar-refractivity contribution in [2.24, 2.45) is 10.9 Å². The summed E-state index contributed by atoms with van der Waals surface area (Å²) < 4.78 is 0. The first kappa shape index (κ1) is 10.1. The van der Waals surface area contributed by atoms with Crippen molar-refractivity contribution >= 4 is 39.5 Å². The molecule has 1 aliphatic carbocycles. The molecule has 2 nitrogen and oxygen atoms in total. The lowest BCUT2D eigenvalue weighted by Crippen LogP contribution is -2.41. The SMILES string of the molecule is ClC1=c2cccnc2=C(Cl)C2C=CC=NC12. The van der Waals surface area contributed by atoms with Gasteiger partial charge in [-0.3, -0.25) is 9.98 Å². The van der Waals surface area contributed by atoms with Crippen LogP contribution < -0.4 is 10.6 Å². The zero-order valence-electron chi connectivity index (χ0n) is 8.27. The van der Waals surface area contributed by atoms with Crippen LogP contribution in [0.3, 0.4) is 0 Å². The molecule has 0 amide bonds. The molecule has 2 heterocycles. The number of aliphatic imine (C=N–C) groups is 1. The topological polar surface area (TPSA) is 25.2 Å². The molecule has 1 aromatic rings. The average molecular weight is 251 g/mol. The van der Waals surface area contributed by atoms with Crippen LogP contribution in [-0.4, -0.2) is 17.2 Å². The van der Waals surface area contributed by atoms with Crippen molar-refractivity contribution in [1.29, 1.82) is 0 Å². The van der Waals surface area contributed by atoms with Gasteiger partial charge in [0.1, 0.15) is 0 Å². The van der Waals surface area contributed by atoms with E-state index < -0.39 is 0 Å². The largest absolute Gasteiger partial charge is 0.283 e. The molecule has 0 saturated heterocycles. The van der Waals surface area contributed by atoms with Crippen LogP contribution >= 0.6 is 23.2 Å². The van der Waals surface area contributed by atoms with Crippen LogP contribution in [0.25, 0.3) is 10.1 Å². The van der Waals surface area contributed by atoms with Crippen molar-refractivity contribution in [3.63, 3.8) is 0 Å². The smallest absolute Gasteiger partial charge is 0.0973 e. The molecule has 0 radical (unpaired) electrons. The molecule has 2 aliphatic rings.